The van der Waals surface area contributed by atoms with Crippen molar-refractivity contribution in [1.82, 2.24) is 4.90 Å². The quantitative estimate of drug-likeness (QED) is 0.285. The van der Waals surface area contributed by atoms with E-state index in [0.717, 1.165) is 22.4 Å². The zero-order valence-corrected chi connectivity index (χ0v) is 19.9. The summed E-state index contributed by atoms with van der Waals surface area (Å²) >= 11 is 6.11. The summed E-state index contributed by atoms with van der Waals surface area (Å²) in [5.41, 5.74) is 10.9. The fraction of sp³-hybridized carbons (Fsp3) is 0.440. The Morgan fingerprint density at radius 3 is 2.56 bits per heavy atom. The molecule has 34 heavy (non-hydrogen) atoms. The van der Waals surface area contributed by atoms with Crippen LogP contribution in [-0.4, -0.2) is 42.3 Å². The molecule has 2 aromatic carbocycles. The van der Waals surface area contributed by atoms with Gasteiger partial charge >= 0.3 is 6.09 Å². The zero-order chi connectivity index (χ0) is 24.3. The third kappa shape index (κ3) is 5.04. The molecule has 0 bridgehead atoms. The molecule has 2 amide bonds. The third-order valence-corrected chi connectivity index (χ3v) is 6.84. The smallest absolute Gasteiger partial charge is 0.417 e. The van der Waals surface area contributed by atoms with Gasteiger partial charge in [0.2, 0.25) is 5.91 Å². The lowest BCUT2D eigenvalue weighted by molar-refractivity contribution is -0.133. The van der Waals surface area contributed by atoms with Crippen LogP contribution in [0.15, 0.2) is 59.7 Å². The number of hydrogen-bond acceptors (Lipinski definition) is 5. The summed E-state index contributed by atoms with van der Waals surface area (Å²) in [5.74, 6) is -1.22. The maximum absolute atomic E-state index is 13.9. The molecule has 0 spiro atoms. The summed E-state index contributed by atoms with van der Waals surface area (Å²) in [5, 5.41) is 4.47. The van der Waals surface area contributed by atoms with E-state index in [1.807, 2.05) is 42.5 Å². The number of nitrogens with zero attached hydrogens (tertiary/aromatic N) is 4. The van der Waals surface area contributed by atoms with Crippen LogP contribution in [0.5, 0.6) is 0 Å². The minimum Gasteiger partial charge on any atom is -0.446 e. The van der Waals surface area contributed by atoms with Crippen molar-refractivity contribution >= 4 is 23.6 Å². The Bertz CT molecular complexity index is 1090. The van der Waals surface area contributed by atoms with Gasteiger partial charge in [-0.05, 0) is 47.0 Å². The number of ether oxygens (including phenoxy) is 2. The fourth-order valence-corrected chi connectivity index (χ4v) is 4.89. The van der Waals surface area contributed by atoms with Crippen molar-refractivity contribution in [2.75, 3.05) is 13.2 Å². The Kier molecular flexibility index (Phi) is 7.12. The van der Waals surface area contributed by atoms with E-state index in [-0.39, 0.29) is 12.0 Å². The standard InChI is InChI=1S/C25H27ClN4O4/c1-25(2)12-13-33-20(14-25)21(17-8-10-18(26)11-9-17)22(28-29-27)23(31)30-19(15-34-24(30)32)16-6-4-3-5-7-16/h3-11,19-22H,12-15H2,1-2H3/t19-,20?,21+,22+/m1/s1. The van der Waals surface area contributed by atoms with E-state index >= 15 is 0 Å². The first-order valence-corrected chi connectivity index (χ1v) is 11.6. The van der Waals surface area contributed by atoms with Gasteiger partial charge in [-0.3, -0.25) is 4.79 Å². The predicted molar refractivity (Wildman–Crippen MR) is 127 cm³/mol. The minimum absolute atomic E-state index is 0.0172. The lowest BCUT2D eigenvalue weighted by Gasteiger charge is -2.41. The maximum atomic E-state index is 13.9. The largest absolute Gasteiger partial charge is 0.446 e. The first-order valence-electron chi connectivity index (χ1n) is 11.3. The molecular formula is C25H27ClN4O4. The van der Waals surface area contributed by atoms with Crippen LogP contribution in [0.4, 0.5) is 4.79 Å². The van der Waals surface area contributed by atoms with Crippen LogP contribution in [0.2, 0.25) is 5.02 Å². The van der Waals surface area contributed by atoms with E-state index in [1.165, 1.54) is 0 Å². The van der Waals surface area contributed by atoms with E-state index in [9.17, 15) is 15.1 Å². The van der Waals surface area contributed by atoms with Crippen LogP contribution >= 0.6 is 11.6 Å². The number of carbonyl (C=O) groups is 2. The van der Waals surface area contributed by atoms with E-state index in [2.05, 4.69) is 23.9 Å². The SMILES string of the molecule is CC1(C)CCOC([C@H](c2ccc(Cl)cc2)[C@H](N=[N+]=[N-])C(=O)N2C(=O)OC[C@@H]2c2ccccc2)C1. The second kappa shape index (κ2) is 10.1. The molecule has 178 valence electrons. The molecule has 9 heteroatoms. The number of hydrogen-bond donors (Lipinski definition) is 0. The topological polar surface area (TPSA) is 105 Å². The second-order valence-corrected chi connectivity index (χ2v) is 9.90. The van der Waals surface area contributed by atoms with Crippen LogP contribution in [0.25, 0.3) is 10.4 Å². The van der Waals surface area contributed by atoms with Crippen molar-refractivity contribution in [1.29, 1.82) is 0 Å². The lowest BCUT2D eigenvalue weighted by atomic mass is 9.74. The number of azide groups is 1. The van der Waals surface area contributed by atoms with Crippen LogP contribution in [0, 0.1) is 5.41 Å². The highest BCUT2D eigenvalue weighted by atomic mass is 35.5. The fourth-order valence-electron chi connectivity index (χ4n) is 4.77. The van der Waals surface area contributed by atoms with Crippen molar-refractivity contribution in [2.45, 2.75) is 50.8 Å². The summed E-state index contributed by atoms with van der Waals surface area (Å²) in [6.45, 7) is 4.86. The van der Waals surface area contributed by atoms with Gasteiger partial charge < -0.3 is 9.47 Å². The molecule has 0 saturated carbocycles. The van der Waals surface area contributed by atoms with Crippen molar-refractivity contribution in [3.63, 3.8) is 0 Å². The van der Waals surface area contributed by atoms with Crippen LogP contribution < -0.4 is 0 Å². The van der Waals surface area contributed by atoms with Gasteiger partial charge in [-0.2, -0.15) is 0 Å². The van der Waals surface area contributed by atoms with Crippen molar-refractivity contribution in [3.05, 3.63) is 81.2 Å². The normalized spacial score (nSPS) is 23.5. The van der Waals surface area contributed by atoms with E-state index in [1.54, 1.807) is 12.1 Å². The number of halogens is 1. The first kappa shape index (κ1) is 24.1. The van der Waals surface area contributed by atoms with E-state index in [4.69, 9.17) is 21.1 Å². The number of benzene rings is 2. The highest BCUT2D eigenvalue weighted by Gasteiger charge is 2.47. The number of rotatable bonds is 6. The Morgan fingerprint density at radius 2 is 1.91 bits per heavy atom. The molecule has 0 N–H and O–H groups in total. The monoisotopic (exact) mass is 482 g/mol. The highest BCUT2D eigenvalue weighted by molar-refractivity contribution is 6.30. The Balaban J connectivity index is 1.75. The molecule has 2 heterocycles. The van der Waals surface area contributed by atoms with Gasteiger partial charge in [0.05, 0.1) is 6.10 Å². The highest BCUT2D eigenvalue weighted by Crippen LogP contribution is 2.42. The lowest BCUT2D eigenvalue weighted by Crippen LogP contribution is -2.47. The molecule has 2 fully saturated rings. The molecule has 0 aliphatic carbocycles. The van der Waals surface area contributed by atoms with Gasteiger partial charge in [0.25, 0.3) is 0 Å². The molecule has 2 saturated heterocycles. The van der Waals surface area contributed by atoms with E-state index < -0.39 is 36.1 Å². The summed E-state index contributed by atoms with van der Waals surface area (Å²) in [6.07, 6.45) is 0.401. The molecule has 0 aromatic heterocycles. The summed E-state index contributed by atoms with van der Waals surface area (Å²) < 4.78 is 11.4. The van der Waals surface area contributed by atoms with Gasteiger partial charge in [0, 0.05) is 22.5 Å². The van der Waals surface area contributed by atoms with Crippen LogP contribution in [-0.2, 0) is 14.3 Å². The van der Waals surface area contributed by atoms with Gasteiger partial charge in [-0.25, -0.2) is 9.69 Å². The van der Waals surface area contributed by atoms with Gasteiger partial charge in [0.15, 0.2) is 0 Å². The number of cyclic esters (lactones) is 1. The summed E-state index contributed by atoms with van der Waals surface area (Å²) in [7, 11) is 0. The predicted octanol–water partition coefficient (Wildman–Crippen LogP) is 6.03. The van der Waals surface area contributed by atoms with Crippen molar-refractivity contribution in [3.8, 4) is 0 Å². The van der Waals surface area contributed by atoms with Crippen molar-refractivity contribution < 1.29 is 19.1 Å². The number of carbonyl (C=O) groups excluding carboxylic acids is 2. The maximum Gasteiger partial charge on any atom is 0.417 e. The molecule has 1 unspecified atom stereocenters. The molecule has 0 radical (unpaired) electrons. The van der Waals surface area contributed by atoms with Gasteiger partial charge in [-0.15, -0.1) is 0 Å². The molecular weight excluding hydrogens is 456 g/mol. The molecule has 2 aromatic rings. The Labute approximate surface area is 203 Å². The molecule has 4 atom stereocenters. The van der Waals surface area contributed by atoms with Crippen molar-refractivity contribution in [2.24, 2.45) is 10.5 Å². The third-order valence-electron chi connectivity index (χ3n) is 6.58. The van der Waals surface area contributed by atoms with Crippen LogP contribution in [0.1, 0.15) is 49.8 Å². The second-order valence-electron chi connectivity index (χ2n) is 9.47. The summed E-state index contributed by atoms with van der Waals surface area (Å²) in [6, 6.07) is 14.4. The molecule has 4 rings (SSSR count). The molecule has 8 nitrogen and oxygen atoms in total. The molecule has 2 aliphatic heterocycles. The summed E-state index contributed by atoms with van der Waals surface area (Å²) in [4.78, 5) is 30.6. The molecule has 2 aliphatic rings. The Morgan fingerprint density at radius 1 is 1.21 bits per heavy atom. The number of imide groups is 1. The van der Waals surface area contributed by atoms with E-state index in [0.29, 0.717) is 18.1 Å². The minimum atomic E-state index is -1.21. The van der Waals surface area contributed by atoms with Crippen LogP contribution in [0.3, 0.4) is 0 Å². The average Bonchev–Trinajstić information content (AvgIpc) is 3.21. The average molecular weight is 483 g/mol. The Hall–Kier alpha value is -3.06. The number of amides is 2. The first-order chi connectivity index (χ1) is 16.3. The van der Waals surface area contributed by atoms with Gasteiger partial charge in [-0.1, -0.05) is 73.0 Å². The van der Waals surface area contributed by atoms with Gasteiger partial charge in [0.1, 0.15) is 18.7 Å². The zero-order valence-electron chi connectivity index (χ0n) is 19.1.